The third kappa shape index (κ3) is 2.44. The summed E-state index contributed by atoms with van der Waals surface area (Å²) in [6.07, 6.45) is 1.42. The number of carbonyl (C=O) groups is 2. The second-order valence-electron chi connectivity index (χ2n) is 4.66. The van der Waals surface area contributed by atoms with Gasteiger partial charge in [0.2, 0.25) is 11.8 Å². The first kappa shape index (κ1) is 14.0. The van der Waals surface area contributed by atoms with Crippen molar-refractivity contribution >= 4 is 11.8 Å². The lowest BCUT2D eigenvalue weighted by molar-refractivity contribution is -0.150. The second kappa shape index (κ2) is 5.49. The predicted molar refractivity (Wildman–Crippen MR) is 66.3 cm³/mol. The lowest BCUT2D eigenvalue weighted by Gasteiger charge is -2.40. The number of nitrogens with zero attached hydrogens (tertiary/aromatic N) is 1. The first-order chi connectivity index (χ1) is 8.02. The minimum absolute atomic E-state index is 0.0207. The average Bonchev–Trinajstić information content (AvgIpc) is 2.35. The van der Waals surface area contributed by atoms with Crippen LogP contribution in [0.1, 0.15) is 33.6 Å². The standard InChI is InChI=1S/C12H23N3O2/c1-4-12(5-2,8-13)11(17)15-7-6-14-10(16)9(15)3/h9H,4-8,13H2,1-3H3,(H,14,16). The normalized spacial score (nSPS) is 21.3. The number of nitrogens with two attached hydrogens (primary N) is 1. The van der Waals surface area contributed by atoms with E-state index in [9.17, 15) is 9.59 Å². The molecule has 5 heteroatoms. The minimum atomic E-state index is -0.508. The Morgan fingerprint density at radius 1 is 1.53 bits per heavy atom. The van der Waals surface area contributed by atoms with Gasteiger partial charge >= 0.3 is 0 Å². The summed E-state index contributed by atoms with van der Waals surface area (Å²) >= 11 is 0. The summed E-state index contributed by atoms with van der Waals surface area (Å²) in [6.45, 7) is 7.16. The molecule has 98 valence electrons. The van der Waals surface area contributed by atoms with E-state index in [1.807, 2.05) is 13.8 Å². The Bertz CT molecular complexity index is 292. The quantitative estimate of drug-likeness (QED) is 0.733. The summed E-state index contributed by atoms with van der Waals surface area (Å²) in [4.78, 5) is 25.8. The van der Waals surface area contributed by atoms with E-state index in [0.29, 0.717) is 32.5 Å². The van der Waals surface area contributed by atoms with Gasteiger partial charge in [0.1, 0.15) is 6.04 Å². The van der Waals surface area contributed by atoms with E-state index in [1.54, 1.807) is 11.8 Å². The zero-order valence-corrected chi connectivity index (χ0v) is 11.0. The third-order valence-corrected chi connectivity index (χ3v) is 3.96. The fraction of sp³-hybridized carbons (Fsp3) is 0.833. The van der Waals surface area contributed by atoms with Gasteiger partial charge in [0.25, 0.3) is 0 Å². The van der Waals surface area contributed by atoms with Crippen molar-refractivity contribution in [3.8, 4) is 0 Å². The molecule has 1 rings (SSSR count). The molecular formula is C12H23N3O2. The molecule has 17 heavy (non-hydrogen) atoms. The highest BCUT2D eigenvalue weighted by Gasteiger charge is 2.40. The van der Waals surface area contributed by atoms with Crippen molar-refractivity contribution in [3.05, 3.63) is 0 Å². The Labute approximate surface area is 103 Å². The highest BCUT2D eigenvalue weighted by Crippen LogP contribution is 2.29. The topological polar surface area (TPSA) is 75.4 Å². The minimum Gasteiger partial charge on any atom is -0.353 e. The molecule has 1 aliphatic rings. The van der Waals surface area contributed by atoms with Crippen molar-refractivity contribution in [2.45, 2.75) is 39.7 Å². The first-order valence-corrected chi connectivity index (χ1v) is 6.31. The highest BCUT2D eigenvalue weighted by atomic mass is 16.2. The maximum absolute atomic E-state index is 12.5. The second-order valence-corrected chi connectivity index (χ2v) is 4.66. The summed E-state index contributed by atoms with van der Waals surface area (Å²) in [6, 6.07) is -0.389. The predicted octanol–water partition coefficient (Wildman–Crippen LogP) is 0.0984. The number of rotatable bonds is 4. The van der Waals surface area contributed by atoms with Crippen LogP contribution < -0.4 is 11.1 Å². The molecule has 0 aromatic carbocycles. The van der Waals surface area contributed by atoms with Crippen LogP contribution in [0.2, 0.25) is 0 Å². The molecule has 0 saturated carbocycles. The van der Waals surface area contributed by atoms with Gasteiger partial charge in [0.05, 0.1) is 5.41 Å². The Morgan fingerprint density at radius 3 is 2.59 bits per heavy atom. The molecule has 1 aliphatic heterocycles. The van der Waals surface area contributed by atoms with Crippen LogP contribution in [0.3, 0.4) is 0 Å². The molecule has 2 amide bonds. The van der Waals surface area contributed by atoms with E-state index in [4.69, 9.17) is 5.73 Å². The van der Waals surface area contributed by atoms with Gasteiger partial charge in [-0.2, -0.15) is 0 Å². The summed E-state index contributed by atoms with van der Waals surface area (Å²) in [5.41, 5.74) is 5.26. The molecule has 1 saturated heterocycles. The van der Waals surface area contributed by atoms with E-state index < -0.39 is 5.41 Å². The van der Waals surface area contributed by atoms with E-state index in [1.165, 1.54) is 0 Å². The van der Waals surface area contributed by atoms with Crippen LogP contribution in [0.25, 0.3) is 0 Å². The van der Waals surface area contributed by atoms with Crippen molar-refractivity contribution < 1.29 is 9.59 Å². The fourth-order valence-corrected chi connectivity index (χ4v) is 2.29. The maximum Gasteiger partial charge on any atom is 0.242 e. The van der Waals surface area contributed by atoms with Crippen molar-refractivity contribution in [3.63, 3.8) is 0 Å². The van der Waals surface area contributed by atoms with Gasteiger partial charge in [-0.3, -0.25) is 9.59 Å². The van der Waals surface area contributed by atoms with Crippen molar-refractivity contribution in [2.24, 2.45) is 11.1 Å². The Hall–Kier alpha value is -1.10. The van der Waals surface area contributed by atoms with Gasteiger partial charge in [-0.1, -0.05) is 13.8 Å². The number of hydrogen-bond acceptors (Lipinski definition) is 3. The molecular weight excluding hydrogens is 218 g/mol. The van der Waals surface area contributed by atoms with Gasteiger partial charge in [-0.05, 0) is 19.8 Å². The molecule has 0 spiro atoms. The fourth-order valence-electron chi connectivity index (χ4n) is 2.29. The van der Waals surface area contributed by atoms with E-state index in [-0.39, 0.29) is 17.9 Å². The van der Waals surface area contributed by atoms with Gasteiger partial charge in [0.15, 0.2) is 0 Å². The van der Waals surface area contributed by atoms with E-state index in [2.05, 4.69) is 5.32 Å². The summed E-state index contributed by atoms with van der Waals surface area (Å²) in [5.74, 6) is -0.0601. The van der Waals surface area contributed by atoms with Gasteiger partial charge in [0, 0.05) is 19.6 Å². The zero-order chi connectivity index (χ0) is 13.1. The smallest absolute Gasteiger partial charge is 0.242 e. The van der Waals surface area contributed by atoms with Crippen LogP contribution in [0, 0.1) is 5.41 Å². The molecule has 0 bridgehead atoms. The Kier molecular flexibility index (Phi) is 4.51. The number of piperazine rings is 1. The lowest BCUT2D eigenvalue weighted by Crippen LogP contribution is -2.60. The largest absolute Gasteiger partial charge is 0.353 e. The first-order valence-electron chi connectivity index (χ1n) is 6.31. The third-order valence-electron chi connectivity index (χ3n) is 3.96. The van der Waals surface area contributed by atoms with Crippen molar-refractivity contribution in [2.75, 3.05) is 19.6 Å². The molecule has 1 fully saturated rings. The van der Waals surface area contributed by atoms with E-state index in [0.717, 1.165) is 0 Å². The van der Waals surface area contributed by atoms with Crippen molar-refractivity contribution in [1.29, 1.82) is 0 Å². The number of carbonyl (C=O) groups excluding carboxylic acids is 2. The average molecular weight is 241 g/mol. The van der Waals surface area contributed by atoms with Gasteiger partial charge in [-0.25, -0.2) is 0 Å². The zero-order valence-electron chi connectivity index (χ0n) is 11.0. The van der Waals surface area contributed by atoms with Gasteiger partial charge in [-0.15, -0.1) is 0 Å². The molecule has 0 aromatic heterocycles. The highest BCUT2D eigenvalue weighted by molar-refractivity contribution is 5.91. The molecule has 3 N–H and O–H groups in total. The molecule has 0 aliphatic carbocycles. The van der Waals surface area contributed by atoms with Crippen LogP contribution in [0.15, 0.2) is 0 Å². The van der Waals surface area contributed by atoms with Crippen molar-refractivity contribution in [1.82, 2.24) is 10.2 Å². The number of amides is 2. The molecule has 1 heterocycles. The molecule has 1 unspecified atom stereocenters. The Morgan fingerprint density at radius 2 is 2.12 bits per heavy atom. The summed E-state index contributed by atoms with van der Waals surface area (Å²) < 4.78 is 0. The maximum atomic E-state index is 12.5. The molecule has 1 atom stereocenters. The van der Waals surface area contributed by atoms with Crippen LogP contribution in [0.4, 0.5) is 0 Å². The molecule has 0 aromatic rings. The molecule has 0 radical (unpaired) electrons. The summed E-state index contributed by atoms with van der Waals surface area (Å²) in [7, 11) is 0. The number of nitrogens with one attached hydrogen (secondary N) is 1. The molecule has 5 nitrogen and oxygen atoms in total. The lowest BCUT2D eigenvalue weighted by atomic mass is 9.80. The SMILES string of the molecule is CCC(CC)(CN)C(=O)N1CCNC(=O)C1C. The Balaban J connectivity index is 2.90. The monoisotopic (exact) mass is 241 g/mol. The van der Waals surface area contributed by atoms with Crippen LogP contribution >= 0.6 is 0 Å². The summed E-state index contributed by atoms with van der Waals surface area (Å²) in [5, 5.41) is 2.76. The van der Waals surface area contributed by atoms with E-state index >= 15 is 0 Å². The van der Waals surface area contributed by atoms with Crippen LogP contribution in [-0.2, 0) is 9.59 Å². The van der Waals surface area contributed by atoms with Crippen LogP contribution in [0.5, 0.6) is 0 Å². The number of hydrogen-bond donors (Lipinski definition) is 2. The van der Waals surface area contributed by atoms with Gasteiger partial charge < -0.3 is 16.0 Å². The van der Waals surface area contributed by atoms with Crippen LogP contribution in [-0.4, -0.2) is 42.4 Å².